The fraction of sp³-hybridized carbons (Fsp3) is 0.294. The smallest absolute Gasteiger partial charge is 0.0636 e. The lowest BCUT2D eigenvalue weighted by molar-refractivity contribution is 0.789. The highest BCUT2D eigenvalue weighted by atomic mass is 14.9. The number of anilines is 1. The molecule has 0 amide bonds. The minimum atomic E-state index is 0.160. The van der Waals surface area contributed by atoms with E-state index in [0.29, 0.717) is 6.54 Å². The molecule has 1 atom stereocenters. The maximum atomic E-state index is 5.90. The highest BCUT2D eigenvalue weighted by molar-refractivity contribution is 5.47. The van der Waals surface area contributed by atoms with Gasteiger partial charge in [0.1, 0.15) is 0 Å². The second kappa shape index (κ2) is 6.39. The molecule has 0 fully saturated rings. The van der Waals surface area contributed by atoms with Crippen LogP contribution in [0, 0.1) is 6.92 Å². The molecule has 2 nitrogen and oxygen atoms in total. The lowest BCUT2D eigenvalue weighted by atomic mass is 10.0. The van der Waals surface area contributed by atoms with Crippen LogP contribution in [0.25, 0.3) is 0 Å². The van der Waals surface area contributed by atoms with E-state index in [4.69, 9.17) is 5.73 Å². The van der Waals surface area contributed by atoms with Gasteiger partial charge in [0.25, 0.3) is 0 Å². The highest BCUT2D eigenvalue weighted by Gasteiger charge is 2.09. The number of aryl methyl sites for hydroxylation is 2. The molecule has 0 saturated carbocycles. The Kier molecular flexibility index (Phi) is 4.58. The molecule has 2 aromatic carbocycles. The molecule has 3 N–H and O–H groups in total. The third-order valence-electron chi connectivity index (χ3n) is 3.39. The largest absolute Gasteiger partial charge is 0.377 e. The molecule has 0 aliphatic carbocycles. The molecule has 2 heteroatoms. The molecule has 2 rings (SSSR count). The van der Waals surface area contributed by atoms with Crippen LogP contribution in [0.5, 0.6) is 0 Å². The molecule has 0 aliphatic rings. The maximum absolute atomic E-state index is 5.90. The summed E-state index contributed by atoms with van der Waals surface area (Å²) in [7, 11) is 0. The van der Waals surface area contributed by atoms with Crippen molar-refractivity contribution in [1.29, 1.82) is 0 Å². The van der Waals surface area contributed by atoms with Crippen molar-refractivity contribution in [3.8, 4) is 0 Å². The van der Waals surface area contributed by atoms with Crippen molar-refractivity contribution >= 4 is 5.69 Å². The van der Waals surface area contributed by atoms with Gasteiger partial charge in [0.2, 0.25) is 0 Å². The van der Waals surface area contributed by atoms with E-state index >= 15 is 0 Å². The minimum absolute atomic E-state index is 0.160. The summed E-state index contributed by atoms with van der Waals surface area (Å²) in [6.45, 7) is 4.85. The van der Waals surface area contributed by atoms with Gasteiger partial charge in [0, 0.05) is 12.2 Å². The van der Waals surface area contributed by atoms with Crippen LogP contribution in [0.2, 0.25) is 0 Å². The molecule has 100 valence electrons. The van der Waals surface area contributed by atoms with Crippen LogP contribution in [0.4, 0.5) is 5.69 Å². The highest BCUT2D eigenvalue weighted by Crippen LogP contribution is 2.20. The van der Waals surface area contributed by atoms with E-state index in [1.165, 1.54) is 16.7 Å². The number of rotatable bonds is 5. The van der Waals surface area contributed by atoms with Crippen molar-refractivity contribution in [3.63, 3.8) is 0 Å². The van der Waals surface area contributed by atoms with Gasteiger partial charge < -0.3 is 11.1 Å². The molecule has 1 unspecified atom stereocenters. The molecule has 2 aromatic rings. The Labute approximate surface area is 115 Å². The van der Waals surface area contributed by atoms with E-state index in [2.05, 4.69) is 67.7 Å². The van der Waals surface area contributed by atoms with E-state index in [1.807, 2.05) is 0 Å². The molecule has 0 spiro atoms. The van der Waals surface area contributed by atoms with Gasteiger partial charge in [-0.25, -0.2) is 0 Å². The first-order valence-electron chi connectivity index (χ1n) is 6.85. The van der Waals surface area contributed by atoms with Gasteiger partial charge in [-0.3, -0.25) is 0 Å². The van der Waals surface area contributed by atoms with Crippen LogP contribution in [-0.4, -0.2) is 6.54 Å². The van der Waals surface area contributed by atoms with Crippen LogP contribution >= 0.6 is 0 Å². The lowest BCUT2D eigenvalue weighted by Gasteiger charge is -2.19. The molecular weight excluding hydrogens is 232 g/mol. The lowest BCUT2D eigenvalue weighted by Crippen LogP contribution is -2.20. The topological polar surface area (TPSA) is 38.0 Å². The average Bonchev–Trinajstić information content (AvgIpc) is 2.45. The quantitative estimate of drug-likeness (QED) is 0.854. The van der Waals surface area contributed by atoms with Gasteiger partial charge in [0.15, 0.2) is 0 Å². The summed E-state index contributed by atoms with van der Waals surface area (Å²) in [5.41, 5.74) is 10.9. The molecule has 0 radical (unpaired) electrons. The normalized spacial score (nSPS) is 12.2. The third kappa shape index (κ3) is 3.58. The third-order valence-corrected chi connectivity index (χ3v) is 3.39. The molecule has 0 aliphatic heterocycles. The Morgan fingerprint density at radius 1 is 1.11 bits per heavy atom. The zero-order valence-electron chi connectivity index (χ0n) is 11.7. The van der Waals surface area contributed by atoms with Crippen LogP contribution in [-0.2, 0) is 6.42 Å². The SMILES string of the molecule is CCc1ccc(C(CN)Nc2cccc(C)c2)cc1. The molecule has 0 aromatic heterocycles. The predicted molar refractivity (Wildman–Crippen MR) is 82.4 cm³/mol. The minimum Gasteiger partial charge on any atom is -0.377 e. The molecule has 0 saturated heterocycles. The second-order valence-corrected chi connectivity index (χ2v) is 4.90. The van der Waals surface area contributed by atoms with Crippen molar-refractivity contribution < 1.29 is 0 Å². The monoisotopic (exact) mass is 254 g/mol. The average molecular weight is 254 g/mol. The predicted octanol–water partition coefficient (Wildman–Crippen LogP) is 3.67. The van der Waals surface area contributed by atoms with Gasteiger partial charge in [-0.2, -0.15) is 0 Å². The van der Waals surface area contributed by atoms with Crippen molar-refractivity contribution in [1.82, 2.24) is 0 Å². The van der Waals surface area contributed by atoms with E-state index in [0.717, 1.165) is 12.1 Å². The summed E-state index contributed by atoms with van der Waals surface area (Å²) in [6.07, 6.45) is 1.07. The number of nitrogens with one attached hydrogen (secondary N) is 1. The fourth-order valence-corrected chi connectivity index (χ4v) is 2.20. The molecular formula is C17H22N2. The molecule has 0 bridgehead atoms. The molecule has 0 heterocycles. The van der Waals surface area contributed by atoms with Crippen LogP contribution in [0.15, 0.2) is 48.5 Å². The summed E-state index contributed by atoms with van der Waals surface area (Å²) in [5.74, 6) is 0. The summed E-state index contributed by atoms with van der Waals surface area (Å²) in [4.78, 5) is 0. The first-order valence-corrected chi connectivity index (χ1v) is 6.85. The van der Waals surface area contributed by atoms with Gasteiger partial charge in [0.05, 0.1) is 6.04 Å². The van der Waals surface area contributed by atoms with Crippen LogP contribution in [0.1, 0.15) is 29.7 Å². The van der Waals surface area contributed by atoms with Gasteiger partial charge in [-0.1, -0.05) is 43.3 Å². The van der Waals surface area contributed by atoms with Crippen molar-refractivity contribution in [2.45, 2.75) is 26.3 Å². The molecule has 19 heavy (non-hydrogen) atoms. The van der Waals surface area contributed by atoms with E-state index in [9.17, 15) is 0 Å². The van der Waals surface area contributed by atoms with E-state index < -0.39 is 0 Å². The number of benzene rings is 2. The van der Waals surface area contributed by atoms with E-state index in [1.54, 1.807) is 0 Å². The zero-order valence-corrected chi connectivity index (χ0v) is 11.7. The van der Waals surface area contributed by atoms with Gasteiger partial charge in [-0.05, 0) is 42.2 Å². The fourth-order valence-electron chi connectivity index (χ4n) is 2.20. The standard InChI is InChI=1S/C17H22N2/c1-3-14-7-9-15(10-8-14)17(12-18)19-16-6-4-5-13(2)11-16/h4-11,17,19H,3,12,18H2,1-2H3. The Hall–Kier alpha value is -1.80. The summed E-state index contributed by atoms with van der Waals surface area (Å²) in [5, 5.41) is 3.50. The van der Waals surface area contributed by atoms with E-state index in [-0.39, 0.29) is 6.04 Å². The maximum Gasteiger partial charge on any atom is 0.0636 e. The summed E-state index contributed by atoms with van der Waals surface area (Å²) >= 11 is 0. The number of hydrogen-bond acceptors (Lipinski definition) is 2. The first kappa shape index (κ1) is 13.6. The number of nitrogens with two attached hydrogens (primary N) is 1. The number of hydrogen-bond donors (Lipinski definition) is 2. The van der Waals surface area contributed by atoms with Crippen LogP contribution < -0.4 is 11.1 Å². The van der Waals surface area contributed by atoms with Crippen LogP contribution in [0.3, 0.4) is 0 Å². The van der Waals surface area contributed by atoms with Gasteiger partial charge in [-0.15, -0.1) is 0 Å². The van der Waals surface area contributed by atoms with Crippen molar-refractivity contribution in [2.75, 3.05) is 11.9 Å². The Bertz CT molecular complexity index is 517. The Balaban J connectivity index is 2.15. The first-order chi connectivity index (χ1) is 9.22. The van der Waals surface area contributed by atoms with Gasteiger partial charge >= 0.3 is 0 Å². The second-order valence-electron chi connectivity index (χ2n) is 4.90. The van der Waals surface area contributed by atoms with Crippen molar-refractivity contribution in [2.24, 2.45) is 5.73 Å². The summed E-state index contributed by atoms with van der Waals surface area (Å²) < 4.78 is 0. The van der Waals surface area contributed by atoms with Crippen molar-refractivity contribution in [3.05, 3.63) is 65.2 Å². The Morgan fingerprint density at radius 2 is 1.84 bits per heavy atom. The summed E-state index contributed by atoms with van der Waals surface area (Å²) in [6, 6.07) is 17.2. The Morgan fingerprint density at radius 3 is 2.42 bits per heavy atom. The zero-order chi connectivity index (χ0) is 13.7.